The fourth-order valence-electron chi connectivity index (χ4n) is 2.92. The fourth-order valence-corrected chi connectivity index (χ4v) is 3.52. The van der Waals surface area contributed by atoms with Gasteiger partial charge < -0.3 is 15.4 Å². The summed E-state index contributed by atoms with van der Waals surface area (Å²) in [6.07, 6.45) is 0.798. The molecule has 1 heterocycles. The largest absolute Gasteiger partial charge is 0.492 e. The van der Waals surface area contributed by atoms with Gasteiger partial charge in [-0.1, -0.05) is 23.2 Å². The molecule has 0 radical (unpaired) electrons. The molecule has 0 spiro atoms. The van der Waals surface area contributed by atoms with Gasteiger partial charge in [-0.3, -0.25) is 4.79 Å². The van der Waals surface area contributed by atoms with Gasteiger partial charge in [-0.2, -0.15) is 5.26 Å². The Labute approximate surface area is 161 Å². The standard InChI is InChI=1S/C19H17Cl2N3O2/c1-2-26-17-4-3-11(7-12(17)9-22)19(25)24-16-8-15(20)13-5-6-23-10-14(13)18(16)21/h3-4,7-8,23H,2,5-6,10H2,1H3,(H,24,25). The minimum absolute atomic E-state index is 0.304. The Balaban J connectivity index is 1.89. The van der Waals surface area contributed by atoms with Crippen LogP contribution in [-0.2, 0) is 13.0 Å². The number of anilines is 1. The molecule has 2 aromatic carbocycles. The molecular weight excluding hydrogens is 373 g/mol. The van der Waals surface area contributed by atoms with E-state index in [4.69, 9.17) is 27.9 Å². The zero-order valence-corrected chi connectivity index (χ0v) is 15.7. The first-order valence-corrected chi connectivity index (χ1v) is 8.99. The number of carbonyl (C=O) groups excluding carboxylic acids is 1. The molecule has 0 atom stereocenters. The van der Waals surface area contributed by atoms with Crippen molar-refractivity contribution in [3.05, 3.63) is 56.6 Å². The number of halogens is 2. The van der Waals surface area contributed by atoms with Crippen molar-refractivity contribution in [2.75, 3.05) is 18.5 Å². The third kappa shape index (κ3) is 3.63. The Bertz CT molecular complexity index is 907. The van der Waals surface area contributed by atoms with Gasteiger partial charge in [0, 0.05) is 17.1 Å². The van der Waals surface area contributed by atoms with Gasteiger partial charge in [-0.15, -0.1) is 0 Å². The van der Waals surface area contributed by atoms with Crippen LogP contribution < -0.4 is 15.4 Å². The highest BCUT2D eigenvalue weighted by Gasteiger charge is 2.20. The molecule has 0 aromatic heterocycles. The van der Waals surface area contributed by atoms with Crippen LogP contribution in [0, 0.1) is 11.3 Å². The Hall–Kier alpha value is -2.26. The lowest BCUT2D eigenvalue weighted by Crippen LogP contribution is -2.25. The van der Waals surface area contributed by atoms with E-state index in [2.05, 4.69) is 10.6 Å². The van der Waals surface area contributed by atoms with Crippen LogP contribution in [0.2, 0.25) is 10.0 Å². The number of hydrogen-bond donors (Lipinski definition) is 2. The first kappa shape index (κ1) is 18.5. The number of amides is 1. The van der Waals surface area contributed by atoms with Crippen molar-refractivity contribution in [1.82, 2.24) is 5.32 Å². The lowest BCUT2D eigenvalue weighted by Gasteiger charge is -2.22. The Morgan fingerprint density at radius 2 is 2.15 bits per heavy atom. The zero-order valence-electron chi connectivity index (χ0n) is 14.2. The second kappa shape index (κ2) is 7.96. The Morgan fingerprint density at radius 3 is 2.88 bits per heavy atom. The smallest absolute Gasteiger partial charge is 0.255 e. The molecule has 7 heteroatoms. The van der Waals surface area contributed by atoms with Crippen LogP contribution in [0.3, 0.4) is 0 Å². The first-order valence-electron chi connectivity index (χ1n) is 8.24. The first-order chi connectivity index (χ1) is 12.5. The minimum Gasteiger partial charge on any atom is -0.492 e. The molecule has 5 nitrogen and oxygen atoms in total. The fraction of sp³-hybridized carbons (Fsp3) is 0.263. The van der Waals surface area contributed by atoms with Crippen LogP contribution in [-0.4, -0.2) is 19.1 Å². The molecule has 0 saturated heterocycles. The van der Waals surface area contributed by atoms with Crippen LogP contribution in [0.4, 0.5) is 5.69 Å². The number of ether oxygens (including phenoxy) is 1. The predicted octanol–water partition coefficient (Wildman–Crippen LogP) is 4.16. The molecule has 1 aliphatic heterocycles. The van der Waals surface area contributed by atoms with Crippen LogP contribution in [0.25, 0.3) is 0 Å². The molecule has 2 N–H and O–H groups in total. The summed E-state index contributed by atoms with van der Waals surface area (Å²) >= 11 is 12.8. The second-order valence-electron chi connectivity index (χ2n) is 5.81. The van der Waals surface area contributed by atoms with Crippen LogP contribution in [0.1, 0.15) is 34.0 Å². The van der Waals surface area contributed by atoms with Crippen molar-refractivity contribution in [1.29, 1.82) is 5.26 Å². The summed E-state index contributed by atoms with van der Waals surface area (Å²) in [4.78, 5) is 12.6. The summed E-state index contributed by atoms with van der Waals surface area (Å²) < 4.78 is 5.38. The summed E-state index contributed by atoms with van der Waals surface area (Å²) in [5, 5.41) is 16.4. The summed E-state index contributed by atoms with van der Waals surface area (Å²) in [5.41, 5.74) is 3.02. The van der Waals surface area contributed by atoms with E-state index < -0.39 is 0 Å². The van der Waals surface area contributed by atoms with E-state index in [9.17, 15) is 10.1 Å². The average Bonchev–Trinajstić information content (AvgIpc) is 2.66. The van der Waals surface area contributed by atoms with Crippen molar-refractivity contribution in [2.45, 2.75) is 19.9 Å². The number of nitrogens with zero attached hydrogens (tertiary/aromatic N) is 1. The van der Waals surface area contributed by atoms with Crippen LogP contribution >= 0.6 is 23.2 Å². The van der Waals surface area contributed by atoms with Crippen molar-refractivity contribution in [2.24, 2.45) is 0 Å². The van der Waals surface area contributed by atoms with Crippen molar-refractivity contribution in [3.63, 3.8) is 0 Å². The van der Waals surface area contributed by atoms with Gasteiger partial charge in [0.25, 0.3) is 5.91 Å². The van der Waals surface area contributed by atoms with Gasteiger partial charge >= 0.3 is 0 Å². The summed E-state index contributed by atoms with van der Waals surface area (Å²) in [6.45, 7) is 3.73. The molecule has 3 rings (SSSR count). The third-order valence-electron chi connectivity index (χ3n) is 4.19. The highest BCUT2D eigenvalue weighted by molar-refractivity contribution is 6.37. The molecule has 1 amide bonds. The van der Waals surface area contributed by atoms with Crippen molar-refractivity contribution < 1.29 is 9.53 Å². The number of hydrogen-bond acceptors (Lipinski definition) is 4. The molecule has 0 unspecified atom stereocenters. The molecule has 1 aliphatic rings. The van der Waals surface area contributed by atoms with Crippen molar-refractivity contribution >= 4 is 34.8 Å². The highest BCUT2D eigenvalue weighted by atomic mass is 35.5. The number of nitriles is 1. The molecule has 2 aromatic rings. The Kier molecular flexibility index (Phi) is 5.67. The third-order valence-corrected chi connectivity index (χ3v) is 4.96. The second-order valence-corrected chi connectivity index (χ2v) is 6.60. The molecule has 134 valence electrons. The van der Waals surface area contributed by atoms with Gasteiger partial charge in [0.1, 0.15) is 11.8 Å². The van der Waals surface area contributed by atoms with E-state index in [1.807, 2.05) is 13.0 Å². The predicted molar refractivity (Wildman–Crippen MR) is 102 cm³/mol. The quantitative estimate of drug-likeness (QED) is 0.822. The molecule has 0 bridgehead atoms. The average molecular weight is 390 g/mol. The number of benzene rings is 2. The number of rotatable bonds is 4. The summed E-state index contributed by atoms with van der Waals surface area (Å²) in [5.74, 6) is 0.0821. The number of fused-ring (bicyclic) bond motifs is 1. The minimum atomic E-state index is -0.369. The maximum absolute atomic E-state index is 12.6. The molecule has 0 aliphatic carbocycles. The van der Waals surface area contributed by atoms with E-state index in [0.29, 0.717) is 45.8 Å². The van der Waals surface area contributed by atoms with E-state index in [0.717, 1.165) is 24.1 Å². The van der Waals surface area contributed by atoms with Gasteiger partial charge in [0.2, 0.25) is 0 Å². The van der Waals surface area contributed by atoms with Gasteiger partial charge in [-0.05, 0) is 55.3 Å². The SMILES string of the molecule is CCOc1ccc(C(=O)Nc2cc(Cl)c3c(c2Cl)CNCC3)cc1C#N. The maximum atomic E-state index is 12.6. The highest BCUT2D eigenvalue weighted by Crippen LogP contribution is 2.36. The van der Waals surface area contributed by atoms with Gasteiger partial charge in [0.05, 0.1) is 22.9 Å². The molecule has 26 heavy (non-hydrogen) atoms. The number of carbonyl (C=O) groups is 1. The van der Waals surface area contributed by atoms with Crippen LogP contribution in [0.15, 0.2) is 24.3 Å². The van der Waals surface area contributed by atoms with E-state index in [1.54, 1.807) is 18.2 Å². The summed E-state index contributed by atoms with van der Waals surface area (Å²) in [7, 11) is 0. The topological polar surface area (TPSA) is 74.2 Å². The van der Waals surface area contributed by atoms with Crippen LogP contribution in [0.5, 0.6) is 5.75 Å². The summed E-state index contributed by atoms with van der Waals surface area (Å²) in [6, 6.07) is 8.43. The monoisotopic (exact) mass is 389 g/mol. The van der Waals surface area contributed by atoms with E-state index in [1.165, 1.54) is 6.07 Å². The normalized spacial score (nSPS) is 12.8. The van der Waals surface area contributed by atoms with E-state index in [-0.39, 0.29) is 5.91 Å². The molecule has 0 saturated carbocycles. The number of nitrogens with one attached hydrogen (secondary N) is 2. The maximum Gasteiger partial charge on any atom is 0.255 e. The van der Waals surface area contributed by atoms with Gasteiger partial charge in [-0.25, -0.2) is 0 Å². The van der Waals surface area contributed by atoms with Crippen molar-refractivity contribution in [3.8, 4) is 11.8 Å². The molecular formula is C19H17Cl2N3O2. The lowest BCUT2D eigenvalue weighted by molar-refractivity contribution is 0.102. The lowest BCUT2D eigenvalue weighted by atomic mass is 10.00. The van der Waals surface area contributed by atoms with E-state index >= 15 is 0 Å². The molecule has 0 fully saturated rings. The zero-order chi connectivity index (χ0) is 18.7. The Morgan fingerprint density at radius 1 is 1.35 bits per heavy atom. The van der Waals surface area contributed by atoms with Gasteiger partial charge in [0.15, 0.2) is 0 Å².